The van der Waals surface area contributed by atoms with E-state index in [9.17, 15) is 0 Å². The Morgan fingerprint density at radius 2 is 2.48 bits per heavy atom. The number of hydrogen-bond donors (Lipinski definition) is 1. The molecule has 1 N–H and O–H groups in total. The topological polar surface area (TPSA) is 64.8 Å². The molecule has 6 heteroatoms. The molecule has 0 aliphatic carbocycles. The van der Waals surface area contributed by atoms with Gasteiger partial charge in [0.05, 0.1) is 5.56 Å². The van der Waals surface area contributed by atoms with Gasteiger partial charge in [0.1, 0.15) is 6.07 Å². The van der Waals surface area contributed by atoms with Gasteiger partial charge < -0.3 is 10.2 Å². The summed E-state index contributed by atoms with van der Waals surface area (Å²) in [5.41, 5.74) is 0.752. The molecule has 0 saturated carbocycles. The first-order chi connectivity index (χ1) is 10.3. The van der Waals surface area contributed by atoms with Crippen LogP contribution in [0.4, 0.5) is 5.82 Å². The van der Waals surface area contributed by atoms with E-state index in [1.165, 1.54) is 11.3 Å². The Labute approximate surface area is 128 Å². The highest BCUT2D eigenvalue weighted by Crippen LogP contribution is 2.18. The minimum atomic E-state index is 0.452. The lowest BCUT2D eigenvalue weighted by Crippen LogP contribution is -2.45. The van der Waals surface area contributed by atoms with Gasteiger partial charge in [-0.2, -0.15) is 10.4 Å². The molecule has 0 spiro atoms. The number of thiophene rings is 1. The van der Waals surface area contributed by atoms with Crippen LogP contribution in [0, 0.1) is 11.3 Å². The van der Waals surface area contributed by atoms with Crippen molar-refractivity contribution in [2.45, 2.75) is 25.4 Å². The van der Waals surface area contributed by atoms with Gasteiger partial charge in [-0.15, -0.1) is 16.4 Å². The van der Waals surface area contributed by atoms with E-state index >= 15 is 0 Å². The van der Waals surface area contributed by atoms with Crippen molar-refractivity contribution in [3.05, 3.63) is 40.2 Å². The molecule has 1 aliphatic heterocycles. The number of nitrogens with zero attached hydrogens (tertiary/aromatic N) is 4. The molecule has 0 bridgehead atoms. The standard InChI is InChI=1S/C15H17N5S/c16-8-12-7-14(21-11-12)9-17-13-3-2-6-20(10-13)15-4-1-5-18-19-15/h1,4-5,7,11,13,17H,2-3,6,9-10H2. The summed E-state index contributed by atoms with van der Waals surface area (Å²) in [6.45, 7) is 2.81. The maximum atomic E-state index is 8.85. The number of anilines is 1. The number of nitrogens with one attached hydrogen (secondary N) is 1. The third-order valence-electron chi connectivity index (χ3n) is 3.65. The van der Waals surface area contributed by atoms with E-state index in [0.717, 1.165) is 37.4 Å². The minimum Gasteiger partial charge on any atom is -0.354 e. The molecule has 0 aromatic carbocycles. The van der Waals surface area contributed by atoms with E-state index in [4.69, 9.17) is 5.26 Å². The van der Waals surface area contributed by atoms with Crippen LogP contribution in [0.2, 0.25) is 0 Å². The molecular weight excluding hydrogens is 282 g/mol. The molecule has 0 amide bonds. The summed E-state index contributed by atoms with van der Waals surface area (Å²) in [5.74, 6) is 0.951. The van der Waals surface area contributed by atoms with Crippen LogP contribution < -0.4 is 10.2 Å². The van der Waals surface area contributed by atoms with Gasteiger partial charge in [0.25, 0.3) is 0 Å². The fourth-order valence-electron chi connectivity index (χ4n) is 2.59. The molecule has 3 rings (SSSR count). The summed E-state index contributed by atoms with van der Waals surface area (Å²) in [6.07, 6.45) is 4.03. The smallest absolute Gasteiger partial charge is 0.151 e. The number of rotatable bonds is 4. The molecule has 0 radical (unpaired) electrons. The second-order valence-corrected chi connectivity index (χ2v) is 6.16. The van der Waals surface area contributed by atoms with Crippen molar-refractivity contribution in [1.82, 2.24) is 15.5 Å². The van der Waals surface area contributed by atoms with Crippen molar-refractivity contribution >= 4 is 17.2 Å². The molecule has 1 unspecified atom stereocenters. The molecule has 3 heterocycles. The van der Waals surface area contributed by atoms with Crippen LogP contribution in [0.1, 0.15) is 23.3 Å². The van der Waals surface area contributed by atoms with Gasteiger partial charge in [0, 0.05) is 42.1 Å². The predicted molar refractivity (Wildman–Crippen MR) is 83.1 cm³/mol. The van der Waals surface area contributed by atoms with Crippen LogP contribution >= 0.6 is 11.3 Å². The van der Waals surface area contributed by atoms with E-state index < -0.39 is 0 Å². The van der Waals surface area contributed by atoms with Crippen molar-refractivity contribution in [1.29, 1.82) is 5.26 Å². The van der Waals surface area contributed by atoms with Gasteiger partial charge in [0.15, 0.2) is 5.82 Å². The average molecular weight is 299 g/mol. The van der Waals surface area contributed by atoms with Gasteiger partial charge >= 0.3 is 0 Å². The first kappa shape index (κ1) is 14.0. The van der Waals surface area contributed by atoms with E-state index in [1.807, 2.05) is 23.6 Å². The Kier molecular flexibility index (Phi) is 4.43. The first-order valence-corrected chi connectivity index (χ1v) is 7.96. The maximum absolute atomic E-state index is 8.85. The number of hydrogen-bond acceptors (Lipinski definition) is 6. The summed E-state index contributed by atoms with van der Waals surface area (Å²) in [5, 5.41) is 22.5. The lowest BCUT2D eigenvalue weighted by molar-refractivity contribution is 0.421. The second-order valence-electron chi connectivity index (χ2n) is 5.16. The second kappa shape index (κ2) is 6.66. The largest absolute Gasteiger partial charge is 0.354 e. The zero-order valence-electron chi connectivity index (χ0n) is 11.7. The molecule has 1 aliphatic rings. The SMILES string of the molecule is N#Cc1csc(CNC2CCCN(c3cccnn3)C2)c1. The Bertz CT molecular complexity index is 618. The van der Waals surface area contributed by atoms with E-state index in [1.54, 1.807) is 17.5 Å². The van der Waals surface area contributed by atoms with Gasteiger partial charge in [-0.05, 0) is 31.0 Å². The van der Waals surface area contributed by atoms with E-state index in [2.05, 4.69) is 26.5 Å². The van der Waals surface area contributed by atoms with Crippen LogP contribution in [0.5, 0.6) is 0 Å². The molecule has 1 atom stereocenters. The normalized spacial score (nSPS) is 18.4. The fourth-order valence-corrected chi connectivity index (χ4v) is 3.35. The highest BCUT2D eigenvalue weighted by molar-refractivity contribution is 7.10. The molecule has 108 valence electrons. The van der Waals surface area contributed by atoms with E-state index in [0.29, 0.717) is 6.04 Å². The molecular formula is C15H17N5S. The lowest BCUT2D eigenvalue weighted by atomic mass is 10.1. The Hall–Kier alpha value is -1.97. The van der Waals surface area contributed by atoms with Crippen LogP contribution in [0.3, 0.4) is 0 Å². The van der Waals surface area contributed by atoms with Crippen LogP contribution in [0.15, 0.2) is 29.8 Å². The van der Waals surface area contributed by atoms with Gasteiger partial charge in [-0.25, -0.2) is 0 Å². The summed E-state index contributed by atoms with van der Waals surface area (Å²) in [4.78, 5) is 3.49. The monoisotopic (exact) mass is 299 g/mol. The first-order valence-electron chi connectivity index (χ1n) is 7.08. The number of nitriles is 1. The number of piperidine rings is 1. The number of aromatic nitrogens is 2. The van der Waals surface area contributed by atoms with Crippen LogP contribution in [-0.2, 0) is 6.54 Å². The quantitative estimate of drug-likeness (QED) is 0.937. The Morgan fingerprint density at radius 3 is 3.24 bits per heavy atom. The van der Waals surface area contributed by atoms with Gasteiger partial charge in [-0.3, -0.25) is 0 Å². The van der Waals surface area contributed by atoms with Crippen molar-refractivity contribution in [2.24, 2.45) is 0 Å². The summed E-state index contributed by atoms with van der Waals surface area (Å²) in [7, 11) is 0. The summed E-state index contributed by atoms with van der Waals surface area (Å²) in [6, 6.07) is 8.52. The summed E-state index contributed by atoms with van der Waals surface area (Å²) >= 11 is 1.64. The zero-order valence-corrected chi connectivity index (χ0v) is 12.5. The van der Waals surface area contributed by atoms with Gasteiger partial charge in [-0.1, -0.05) is 0 Å². The predicted octanol–water partition coefficient (Wildman–Crippen LogP) is 2.17. The Morgan fingerprint density at radius 1 is 1.52 bits per heavy atom. The van der Waals surface area contributed by atoms with E-state index in [-0.39, 0.29) is 0 Å². The van der Waals surface area contributed by atoms with Crippen molar-refractivity contribution in [3.8, 4) is 6.07 Å². The minimum absolute atomic E-state index is 0.452. The Balaban J connectivity index is 1.55. The van der Waals surface area contributed by atoms with Gasteiger partial charge in [0.2, 0.25) is 0 Å². The molecule has 21 heavy (non-hydrogen) atoms. The fraction of sp³-hybridized carbons (Fsp3) is 0.400. The molecule has 2 aromatic heterocycles. The zero-order chi connectivity index (χ0) is 14.5. The van der Waals surface area contributed by atoms with Crippen LogP contribution in [0.25, 0.3) is 0 Å². The third-order valence-corrected chi connectivity index (χ3v) is 4.59. The van der Waals surface area contributed by atoms with Crippen molar-refractivity contribution < 1.29 is 0 Å². The third kappa shape index (κ3) is 3.57. The summed E-state index contributed by atoms with van der Waals surface area (Å²) < 4.78 is 0. The molecule has 2 aromatic rings. The molecule has 1 fully saturated rings. The molecule has 5 nitrogen and oxygen atoms in total. The highest BCUT2D eigenvalue weighted by Gasteiger charge is 2.20. The van der Waals surface area contributed by atoms with Crippen LogP contribution in [-0.4, -0.2) is 29.3 Å². The highest BCUT2D eigenvalue weighted by atomic mass is 32.1. The lowest BCUT2D eigenvalue weighted by Gasteiger charge is -2.33. The van der Waals surface area contributed by atoms with Crippen molar-refractivity contribution in [3.63, 3.8) is 0 Å². The van der Waals surface area contributed by atoms with Crippen molar-refractivity contribution in [2.75, 3.05) is 18.0 Å². The average Bonchev–Trinajstić information content (AvgIpc) is 3.02. The molecule has 1 saturated heterocycles. The maximum Gasteiger partial charge on any atom is 0.151 e.